The van der Waals surface area contributed by atoms with Crippen LogP contribution in [0.3, 0.4) is 0 Å². The molecule has 16 heavy (non-hydrogen) atoms. The summed E-state index contributed by atoms with van der Waals surface area (Å²) < 4.78 is 5.65. The lowest BCUT2D eigenvalue weighted by molar-refractivity contribution is 0.0123. The van der Waals surface area contributed by atoms with E-state index >= 15 is 0 Å². The minimum atomic E-state index is 0.288. The molecular formula is C13H28N2O. The fraction of sp³-hybridized carbons (Fsp3) is 1.00. The number of likely N-dealkylation sites (tertiary alicyclic amines) is 1. The maximum absolute atomic E-state index is 5.74. The summed E-state index contributed by atoms with van der Waals surface area (Å²) in [5.74, 6) is 0. The Balaban J connectivity index is 2.17. The molecule has 0 unspecified atom stereocenters. The Kier molecular flexibility index (Phi) is 5.73. The zero-order valence-corrected chi connectivity index (χ0v) is 11.2. The van der Waals surface area contributed by atoms with Gasteiger partial charge in [0.1, 0.15) is 0 Å². The number of nitrogens with zero attached hydrogens (tertiary/aromatic N) is 1. The van der Waals surface area contributed by atoms with E-state index in [1.165, 1.54) is 38.9 Å². The van der Waals surface area contributed by atoms with Crippen LogP contribution in [0.25, 0.3) is 0 Å². The van der Waals surface area contributed by atoms with Gasteiger partial charge in [0.25, 0.3) is 0 Å². The Morgan fingerprint density at radius 3 is 2.44 bits per heavy atom. The van der Waals surface area contributed by atoms with E-state index in [1.807, 2.05) is 0 Å². The van der Waals surface area contributed by atoms with Crippen LogP contribution in [0.4, 0.5) is 0 Å². The Morgan fingerprint density at radius 1 is 1.31 bits per heavy atom. The first kappa shape index (κ1) is 13.9. The van der Waals surface area contributed by atoms with Gasteiger partial charge in [0.05, 0.1) is 6.10 Å². The molecule has 1 rings (SSSR count). The van der Waals surface area contributed by atoms with Crippen molar-refractivity contribution < 1.29 is 4.74 Å². The van der Waals surface area contributed by atoms with Gasteiger partial charge in [-0.2, -0.15) is 0 Å². The molecule has 1 saturated heterocycles. The highest BCUT2D eigenvalue weighted by Gasteiger charge is 2.21. The lowest BCUT2D eigenvalue weighted by Gasteiger charge is -2.34. The number of rotatable bonds is 6. The van der Waals surface area contributed by atoms with Gasteiger partial charge in [0.2, 0.25) is 0 Å². The molecule has 0 amide bonds. The number of hydrogen-bond donors (Lipinski definition) is 1. The van der Waals surface area contributed by atoms with E-state index in [0.29, 0.717) is 6.10 Å². The summed E-state index contributed by atoms with van der Waals surface area (Å²) in [6.45, 7) is 11.8. The van der Waals surface area contributed by atoms with Crippen LogP contribution in [0.1, 0.15) is 40.0 Å². The Labute approximate surface area is 100 Å². The fourth-order valence-electron chi connectivity index (χ4n) is 2.10. The molecule has 0 radical (unpaired) electrons. The first-order chi connectivity index (χ1) is 7.57. The molecule has 1 heterocycles. The van der Waals surface area contributed by atoms with Crippen molar-refractivity contribution in [2.75, 3.05) is 32.8 Å². The summed E-state index contributed by atoms with van der Waals surface area (Å²) in [6.07, 6.45) is 4.08. The molecule has 3 heteroatoms. The highest BCUT2D eigenvalue weighted by Crippen LogP contribution is 2.20. The van der Waals surface area contributed by atoms with E-state index in [9.17, 15) is 0 Å². The normalized spacial score (nSPS) is 20.2. The maximum Gasteiger partial charge on any atom is 0.0599 e. The molecule has 0 aromatic carbocycles. The van der Waals surface area contributed by atoms with Crippen LogP contribution in [0.5, 0.6) is 0 Å². The van der Waals surface area contributed by atoms with E-state index in [2.05, 4.69) is 25.7 Å². The predicted octanol–water partition coefficient (Wildman–Crippen LogP) is 1.86. The van der Waals surface area contributed by atoms with Gasteiger partial charge in [0, 0.05) is 19.7 Å². The van der Waals surface area contributed by atoms with Crippen LogP contribution in [-0.2, 0) is 4.74 Å². The second kappa shape index (κ2) is 6.58. The molecular weight excluding hydrogens is 200 g/mol. The standard InChI is InChI=1S/C13H28N2O/c1-4-16-12-5-8-15(9-6-12)10-7-13(2,3)11-14/h12H,4-11,14H2,1-3H3. The summed E-state index contributed by atoms with van der Waals surface area (Å²) in [5.41, 5.74) is 6.03. The van der Waals surface area contributed by atoms with Crippen molar-refractivity contribution in [2.24, 2.45) is 11.1 Å². The van der Waals surface area contributed by atoms with Gasteiger partial charge in [-0.05, 0) is 44.7 Å². The summed E-state index contributed by atoms with van der Waals surface area (Å²) >= 11 is 0. The third-order valence-electron chi connectivity index (χ3n) is 3.59. The molecule has 1 fully saturated rings. The van der Waals surface area contributed by atoms with Crippen molar-refractivity contribution in [1.82, 2.24) is 4.90 Å². The monoisotopic (exact) mass is 228 g/mol. The summed E-state index contributed by atoms with van der Waals surface area (Å²) in [7, 11) is 0. The van der Waals surface area contributed by atoms with Crippen LogP contribution >= 0.6 is 0 Å². The highest BCUT2D eigenvalue weighted by atomic mass is 16.5. The molecule has 0 aromatic rings. The van der Waals surface area contributed by atoms with E-state index < -0.39 is 0 Å². The smallest absolute Gasteiger partial charge is 0.0599 e. The number of nitrogens with two attached hydrogens (primary N) is 1. The minimum Gasteiger partial charge on any atom is -0.378 e. The van der Waals surface area contributed by atoms with Crippen LogP contribution in [-0.4, -0.2) is 43.8 Å². The van der Waals surface area contributed by atoms with E-state index in [4.69, 9.17) is 10.5 Å². The van der Waals surface area contributed by atoms with Crippen molar-refractivity contribution in [3.05, 3.63) is 0 Å². The van der Waals surface area contributed by atoms with Gasteiger partial charge >= 0.3 is 0 Å². The van der Waals surface area contributed by atoms with E-state index in [-0.39, 0.29) is 5.41 Å². The average Bonchev–Trinajstić information content (AvgIpc) is 2.29. The van der Waals surface area contributed by atoms with Crippen molar-refractivity contribution in [2.45, 2.75) is 46.1 Å². The van der Waals surface area contributed by atoms with Gasteiger partial charge in [-0.15, -0.1) is 0 Å². The number of ether oxygens (including phenoxy) is 1. The molecule has 0 bridgehead atoms. The Bertz CT molecular complexity index is 186. The second-order valence-electron chi connectivity index (χ2n) is 5.61. The topological polar surface area (TPSA) is 38.5 Å². The molecule has 0 atom stereocenters. The van der Waals surface area contributed by atoms with E-state index in [0.717, 1.165) is 13.2 Å². The van der Waals surface area contributed by atoms with Crippen LogP contribution in [0, 0.1) is 5.41 Å². The molecule has 0 aliphatic carbocycles. The highest BCUT2D eigenvalue weighted by molar-refractivity contribution is 4.76. The minimum absolute atomic E-state index is 0.288. The lowest BCUT2D eigenvalue weighted by atomic mass is 9.89. The van der Waals surface area contributed by atoms with Crippen molar-refractivity contribution in [3.8, 4) is 0 Å². The summed E-state index contributed by atoms with van der Waals surface area (Å²) in [4.78, 5) is 2.55. The Morgan fingerprint density at radius 2 is 1.94 bits per heavy atom. The van der Waals surface area contributed by atoms with Gasteiger partial charge in [-0.3, -0.25) is 0 Å². The molecule has 0 saturated carbocycles. The van der Waals surface area contributed by atoms with Gasteiger partial charge in [-0.25, -0.2) is 0 Å². The third kappa shape index (κ3) is 4.81. The number of hydrogen-bond acceptors (Lipinski definition) is 3. The quantitative estimate of drug-likeness (QED) is 0.754. The van der Waals surface area contributed by atoms with Crippen LogP contribution < -0.4 is 5.73 Å². The first-order valence-electron chi connectivity index (χ1n) is 6.61. The molecule has 0 aromatic heterocycles. The molecule has 1 aliphatic heterocycles. The van der Waals surface area contributed by atoms with E-state index in [1.54, 1.807) is 0 Å². The molecule has 2 N–H and O–H groups in total. The molecule has 0 spiro atoms. The van der Waals surface area contributed by atoms with Crippen molar-refractivity contribution in [1.29, 1.82) is 0 Å². The lowest BCUT2D eigenvalue weighted by Crippen LogP contribution is -2.39. The molecule has 1 aliphatic rings. The number of piperidine rings is 1. The average molecular weight is 228 g/mol. The van der Waals surface area contributed by atoms with Gasteiger partial charge in [-0.1, -0.05) is 13.8 Å². The maximum atomic E-state index is 5.74. The zero-order chi connectivity index (χ0) is 12.0. The molecule has 3 nitrogen and oxygen atoms in total. The van der Waals surface area contributed by atoms with Crippen molar-refractivity contribution >= 4 is 0 Å². The van der Waals surface area contributed by atoms with Gasteiger partial charge in [0.15, 0.2) is 0 Å². The predicted molar refractivity (Wildman–Crippen MR) is 68.5 cm³/mol. The largest absolute Gasteiger partial charge is 0.378 e. The van der Waals surface area contributed by atoms with Crippen molar-refractivity contribution in [3.63, 3.8) is 0 Å². The first-order valence-corrected chi connectivity index (χ1v) is 6.61. The third-order valence-corrected chi connectivity index (χ3v) is 3.59. The Hall–Kier alpha value is -0.120. The zero-order valence-electron chi connectivity index (χ0n) is 11.2. The van der Waals surface area contributed by atoms with Gasteiger partial charge < -0.3 is 15.4 Å². The molecule has 96 valence electrons. The second-order valence-corrected chi connectivity index (χ2v) is 5.61. The summed E-state index contributed by atoms with van der Waals surface area (Å²) in [5, 5.41) is 0. The van der Waals surface area contributed by atoms with Crippen LogP contribution in [0.2, 0.25) is 0 Å². The fourth-order valence-corrected chi connectivity index (χ4v) is 2.10. The SMILES string of the molecule is CCOC1CCN(CCC(C)(C)CN)CC1. The van der Waals surface area contributed by atoms with Crippen LogP contribution in [0.15, 0.2) is 0 Å². The summed E-state index contributed by atoms with van der Waals surface area (Å²) in [6, 6.07) is 0.